The predicted octanol–water partition coefficient (Wildman–Crippen LogP) is 1.81. The van der Waals surface area contributed by atoms with Crippen LogP contribution in [0.1, 0.15) is 32.8 Å². The van der Waals surface area contributed by atoms with Crippen LogP contribution in [0, 0.1) is 0 Å². The third-order valence-corrected chi connectivity index (χ3v) is 2.29. The first-order valence-corrected chi connectivity index (χ1v) is 6.06. The van der Waals surface area contributed by atoms with E-state index >= 15 is 0 Å². The van der Waals surface area contributed by atoms with Gasteiger partial charge in [-0.2, -0.15) is 5.10 Å². The largest absolute Gasteiger partial charge is 0.379 e. The van der Waals surface area contributed by atoms with E-state index in [0.717, 1.165) is 32.7 Å². The zero-order valence-corrected chi connectivity index (χ0v) is 10.6. The van der Waals surface area contributed by atoms with Crippen LogP contribution in [0.15, 0.2) is 12.4 Å². The molecule has 1 heterocycles. The summed E-state index contributed by atoms with van der Waals surface area (Å²) in [7, 11) is 0. The molecule has 0 saturated carbocycles. The summed E-state index contributed by atoms with van der Waals surface area (Å²) >= 11 is 0. The van der Waals surface area contributed by atoms with Crippen molar-refractivity contribution in [3.8, 4) is 0 Å². The molecule has 0 atom stereocenters. The molecule has 0 radical (unpaired) electrons. The van der Waals surface area contributed by atoms with E-state index in [1.807, 2.05) is 10.9 Å². The van der Waals surface area contributed by atoms with Gasteiger partial charge in [0, 0.05) is 31.5 Å². The molecule has 16 heavy (non-hydrogen) atoms. The van der Waals surface area contributed by atoms with Gasteiger partial charge < -0.3 is 10.1 Å². The fraction of sp³-hybridized carbons (Fsp3) is 0.750. The summed E-state index contributed by atoms with van der Waals surface area (Å²) in [6.07, 6.45) is 5.39. The van der Waals surface area contributed by atoms with E-state index in [0.29, 0.717) is 6.10 Å². The molecule has 0 aromatic carbocycles. The van der Waals surface area contributed by atoms with Crippen molar-refractivity contribution >= 4 is 0 Å². The lowest BCUT2D eigenvalue weighted by molar-refractivity contribution is 0.0770. The topological polar surface area (TPSA) is 39.1 Å². The van der Waals surface area contributed by atoms with Crippen molar-refractivity contribution in [2.45, 2.75) is 46.4 Å². The second-order valence-corrected chi connectivity index (χ2v) is 4.15. The maximum atomic E-state index is 5.46. The number of ether oxygens (including phenoxy) is 1. The average Bonchev–Trinajstić information content (AvgIpc) is 2.70. The Labute approximate surface area is 98.0 Å². The van der Waals surface area contributed by atoms with E-state index in [2.05, 4.69) is 37.4 Å². The highest BCUT2D eigenvalue weighted by molar-refractivity contribution is 5.02. The lowest BCUT2D eigenvalue weighted by atomic mass is 10.3. The van der Waals surface area contributed by atoms with Crippen molar-refractivity contribution < 1.29 is 4.74 Å². The summed E-state index contributed by atoms with van der Waals surface area (Å²) in [6.45, 7) is 9.86. The van der Waals surface area contributed by atoms with Gasteiger partial charge in [-0.3, -0.25) is 4.68 Å². The molecular weight excluding hydrogens is 202 g/mol. The number of nitrogens with one attached hydrogen (secondary N) is 1. The van der Waals surface area contributed by atoms with E-state index in [1.54, 1.807) is 0 Å². The minimum Gasteiger partial charge on any atom is -0.379 e. The zero-order chi connectivity index (χ0) is 11.8. The van der Waals surface area contributed by atoms with Crippen LogP contribution >= 0.6 is 0 Å². The summed E-state index contributed by atoms with van der Waals surface area (Å²) < 4.78 is 7.40. The molecule has 0 saturated heterocycles. The zero-order valence-electron chi connectivity index (χ0n) is 10.6. The van der Waals surface area contributed by atoms with Crippen molar-refractivity contribution in [1.29, 1.82) is 0 Å². The van der Waals surface area contributed by atoms with Gasteiger partial charge in [0.2, 0.25) is 0 Å². The fourth-order valence-electron chi connectivity index (χ4n) is 1.42. The van der Waals surface area contributed by atoms with Crippen LogP contribution in [0.4, 0.5) is 0 Å². The SMILES string of the molecule is CCn1cc(CNCCCOC(C)C)cn1. The van der Waals surface area contributed by atoms with Gasteiger partial charge in [-0.1, -0.05) is 0 Å². The Balaban J connectivity index is 2.02. The van der Waals surface area contributed by atoms with Crippen LogP contribution in [0.2, 0.25) is 0 Å². The van der Waals surface area contributed by atoms with Gasteiger partial charge in [0.1, 0.15) is 0 Å². The van der Waals surface area contributed by atoms with Crippen LogP contribution in [0.25, 0.3) is 0 Å². The summed E-state index contributed by atoms with van der Waals surface area (Å²) in [5.41, 5.74) is 1.24. The summed E-state index contributed by atoms with van der Waals surface area (Å²) in [5.74, 6) is 0. The van der Waals surface area contributed by atoms with Crippen LogP contribution < -0.4 is 5.32 Å². The monoisotopic (exact) mass is 225 g/mol. The number of hydrogen-bond acceptors (Lipinski definition) is 3. The molecule has 0 aliphatic heterocycles. The molecule has 0 unspecified atom stereocenters. The molecule has 0 aliphatic carbocycles. The van der Waals surface area contributed by atoms with E-state index in [4.69, 9.17) is 4.74 Å². The highest BCUT2D eigenvalue weighted by Gasteiger charge is 1.97. The van der Waals surface area contributed by atoms with Crippen molar-refractivity contribution in [3.05, 3.63) is 18.0 Å². The predicted molar refractivity (Wildman–Crippen MR) is 65.3 cm³/mol. The third-order valence-electron chi connectivity index (χ3n) is 2.29. The van der Waals surface area contributed by atoms with Gasteiger partial charge in [-0.15, -0.1) is 0 Å². The van der Waals surface area contributed by atoms with Gasteiger partial charge in [0.15, 0.2) is 0 Å². The maximum absolute atomic E-state index is 5.46. The highest BCUT2D eigenvalue weighted by Crippen LogP contribution is 1.97. The average molecular weight is 225 g/mol. The second kappa shape index (κ2) is 7.41. The van der Waals surface area contributed by atoms with Gasteiger partial charge in [-0.25, -0.2) is 0 Å². The smallest absolute Gasteiger partial charge is 0.0534 e. The Hall–Kier alpha value is -0.870. The minimum atomic E-state index is 0.336. The molecule has 4 heteroatoms. The molecule has 1 rings (SSSR count). The lowest BCUT2D eigenvalue weighted by Gasteiger charge is -2.07. The summed E-state index contributed by atoms with van der Waals surface area (Å²) in [6, 6.07) is 0. The minimum absolute atomic E-state index is 0.336. The maximum Gasteiger partial charge on any atom is 0.0534 e. The molecular formula is C12H23N3O. The van der Waals surface area contributed by atoms with Crippen molar-refractivity contribution in [2.75, 3.05) is 13.2 Å². The quantitative estimate of drug-likeness (QED) is 0.686. The molecule has 0 spiro atoms. The van der Waals surface area contributed by atoms with Gasteiger partial charge in [-0.05, 0) is 33.7 Å². The Morgan fingerprint density at radius 2 is 2.31 bits per heavy atom. The molecule has 0 fully saturated rings. The number of aromatic nitrogens is 2. The highest BCUT2D eigenvalue weighted by atomic mass is 16.5. The molecule has 0 aliphatic rings. The molecule has 4 nitrogen and oxygen atoms in total. The normalized spacial score (nSPS) is 11.2. The first-order chi connectivity index (χ1) is 7.72. The Bertz CT molecular complexity index is 284. The van der Waals surface area contributed by atoms with Crippen LogP contribution in [-0.4, -0.2) is 29.0 Å². The summed E-state index contributed by atoms with van der Waals surface area (Å²) in [5, 5.41) is 7.60. The Kier molecular flexibility index (Phi) is 6.11. The van der Waals surface area contributed by atoms with Crippen LogP contribution in [-0.2, 0) is 17.8 Å². The van der Waals surface area contributed by atoms with E-state index in [9.17, 15) is 0 Å². The van der Waals surface area contributed by atoms with Gasteiger partial charge in [0.05, 0.1) is 12.3 Å². The van der Waals surface area contributed by atoms with Gasteiger partial charge >= 0.3 is 0 Å². The van der Waals surface area contributed by atoms with E-state index in [-0.39, 0.29) is 0 Å². The molecule has 0 bridgehead atoms. The molecule has 92 valence electrons. The number of nitrogens with zero attached hydrogens (tertiary/aromatic N) is 2. The molecule has 1 aromatic heterocycles. The number of rotatable bonds is 8. The Morgan fingerprint density at radius 1 is 1.50 bits per heavy atom. The van der Waals surface area contributed by atoms with Crippen LogP contribution in [0.3, 0.4) is 0 Å². The number of aryl methyl sites for hydroxylation is 1. The van der Waals surface area contributed by atoms with Crippen molar-refractivity contribution in [2.24, 2.45) is 0 Å². The van der Waals surface area contributed by atoms with E-state index in [1.165, 1.54) is 5.56 Å². The molecule has 1 N–H and O–H groups in total. The second-order valence-electron chi connectivity index (χ2n) is 4.15. The first kappa shape index (κ1) is 13.2. The Morgan fingerprint density at radius 3 is 2.94 bits per heavy atom. The molecule has 0 amide bonds. The fourth-order valence-corrected chi connectivity index (χ4v) is 1.42. The number of hydrogen-bond donors (Lipinski definition) is 1. The van der Waals surface area contributed by atoms with Crippen molar-refractivity contribution in [1.82, 2.24) is 15.1 Å². The van der Waals surface area contributed by atoms with Crippen molar-refractivity contribution in [3.63, 3.8) is 0 Å². The molecule has 1 aromatic rings. The van der Waals surface area contributed by atoms with E-state index < -0.39 is 0 Å². The van der Waals surface area contributed by atoms with Crippen LogP contribution in [0.5, 0.6) is 0 Å². The van der Waals surface area contributed by atoms with Gasteiger partial charge in [0.25, 0.3) is 0 Å². The summed E-state index contributed by atoms with van der Waals surface area (Å²) in [4.78, 5) is 0. The third kappa shape index (κ3) is 5.28. The lowest BCUT2D eigenvalue weighted by Crippen LogP contribution is -2.17. The standard InChI is InChI=1S/C12H23N3O/c1-4-15-10-12(9-14-15)8-13-6-5-7-16-11(2)3/h9-11,13H,4-8H2,1-3H3. The first-order valence-electron chi connectivity index (χ1n) is 6.06.